The van der Waals surface area contributed by atoms with Gasteiger partial charge in [0.1, 0.15) is 0 Å². The highest BCUT2D eigenvalue weighted by molar-refractivity contribution is 6.82. The Morgan fingerprint density at radius 3 is 1.88 bits per heavy atom. The zero-order valence-corrected chi connectivity index (χ0v) is 12.9. The van der Waals surface area contributed by atoms with Crippen molar-refractivity contribution in [2.24, 2.45) is 0 Å². The number of unbranched alkanes of at least 4 members (excludes halogenated alkanes) is 2. The molecule has 0 rings (SSSR count). The third kappa shape index (κ3) is 8.11. The monoisotopic (exact) mass is 241 g/mol. The lowest BCUT2D eigenvalue weighted by molar-refractivity contribution is 0.278. The van der Waals surface area contributed by atoms with Gasteiger partial charge in [0.2, 0.25) is 0 Å². The van der Waals surface area contributed by atoms with Gasteiger partial charge in [-0.15, -0.1) is 12.3 Å². The summed E-state index contributed by atoms with van der Waals surface area (Å²) in [6, 6.07) is 1.37. The molecule has 0 spiro atoms. The molecule has 2 heteroatoms. The van der Waals surface area contributed by atoms with Crippen molar-refractivity contribution in [1.29, 1.82) is 0 Å². The van der Waals surface area contributed by atoms with Crippen molar-refractivity contribution in [1.82, 2.24) is 4.90 Å². The molecule has 0 radical (unpaired) electrons. The first-order valence-electron chi connectivity index (χ1n) is 6.91. The van der Waals surface area contributed by atoms with Gasteiger partial charge in [0.15, 0.2) is 0 Å². The molecule has 0 N–H and O–H groups in total. The van der Waals surface area contributed by atoms with Gasteiger partial charge < -0.3 is 4.90 Å². The number of hydrogen-bond donors (Lipinski definition) is 0. The maximum absolute atomic E-state index is 3.98. The third-order valence-corrected chi connectivity index (χ3v) is 5.90. The van der Waals surface area contributed by atoms with Gasteiger partial charge in [0.05, 0.1) is 8.07 Å². The molecule has 0 amide bonds. The van der Waals surface area contributed by atoms with Gasteiger partial charge in [0.25, 0.3) is 0 Å². The van der Waals surface area contributed by atoms with Crippen molar-refractivity contribution in [2.45, 2.75) is 58.7 Å². The van der Waals surface area contributed by atoms with Crippen LogP contribution >= 0.6 is 0 Å². The van der Waals surface area contributed by atoms with E-state index in [4.69, 9.17) is 0 Å². The minimum atomic E-state index is -1.10. The first kappa shape index (κ1) is 15.9. The summed E-state index contributed by atoms with van der Waals surface area (Å²) in [5, 5.41) is 0. The molecule has 0 aliphatic heterocycles. The van der Waals surface area contributed by atoms with Crippen LogP contribution in [0.5, 0.6) is 0 Å². The molecule has 0 saturated heterocycles. The Morgan fingerprint density at radius 1 is 1.00 bits per heavy atom. The molecule has 0 saturated carbocycles. The van der Waals surface area contributed by atoms with E-state index in [1.165, 1.54) is 51.4 Å². The topological polar surface area (TPSA) is 3.24 Å². The first-order valence-corrected chi connectivity index (χ1v) is 10.2. The Kier molecular flexibility index (Phi) is 8.95. The molecule has 0 aromatic heterocycles. The second-order valence-electron chi connectivity index (χ2n) is 5.49. The highest BCUT2D eigenvalue weighted by atomic mass is 28.3. The van der Waals surface area contributed by atoms with E-state index in [2.05, 4.69) is 44.1 Å². The second kappa shape index (κ2) is 9.00. The van der Waals surface area contributed by atoms with E-state index >= 15 is 0 Å². The van der Waals surface area contributed by atoms with Gasteiger partial charge in [-0.05, 0) is 38.5 Å². The van der Waals surface area contributed by atoms with Crippen LogP contribution in [0.2, 0.25) is 19.1 Å². The first-order chi connectivity index (χ1) is 7.55. The van der Waals surface area contributed by atoms with E-state index in [0.29, 0.717) is 0 Å². The van der Waals surface area contributed by atoms with Crippen molar-refractivity contribution in [2.75, 3.05) is 19.6 Å². The Hall–Kier alpha value is -0.0831. The fourth-order valence-corrected chi connectivity index (χ4v) is 2.74. The largest absolute Gasteiger partial charge is 0.304 e. The molecule has 0 aromatic carbocycles. The maximum Gasteiger partial charge on any atom is 0.0722 e. The van der Waals surface area contributed by atoms with Gasteiger partial charge in [-0.25, -0.2) is 0 Å². The molecule has 0 unspecified atom stereocenters. The van der Waals surface area contributed by atoms with Crippen LogP contribution in [0.15, 0.2) is 12.3 Å². The minimum absolute atomic E-state index is 1.10. The minimum Gasteiger partial charge on any atom is -0.304 e. The van der Waals surface area contributed by atoms with E-state index in [9.17, 15) is 0 Å². The summed E-state index contributed by atoms with van der Waals surface area (Å²) >= 11 is 0. The van der Waals surface area contributed by atoms with Crippen molar-refractivity contribution in [3.8, 4) is 0 Å². The predicted octanol–water partition coefficient (Wildman–Crippen LogP) is 4.32. The fraction of sp³-hybridized carbons (Fsp3) is 0.857. The van der Waals surface area contributed by atoms with Gasteiger partial charge in [-0.2, -0.15) is 0 Å². The molecule has 0 heterocycles. The summed E-state index contributed by atoms with van der Waals surface area (Å²) in [6.45, 7) is 17.2. The van der Waals surface area contributed by atoms with Gasteiger partial charge in [0, 0.05) is 0 Å². The van der Waals surface area contributed by atoms with E-state index in [1.54, 1.807) is 0 Å². The maximum atomic E-state index is 3.98. The zero-order valence-electron chi connectivity index (χ0n) is 11.9. The van der Waals surface area contributed by atoms with Crippen LogP contribution in [0.1, 0.15) is 39.5 Å². The highest BCUT2D eigenvalue weighted by Gasteiger charge is 2.17. The molecular weight excluding hydrogens is 210 g/mol. The van der Waals surface area contributed by atoms with E-state index in [-0.39, 0.29) is 0 Å². The molecule has 96 valence electrons. The quantitative estimate of drug-likeness (QED) is 0.515. The van der Waals surface area contributed by atoms with E-state index in [1.807, 2.05) is 0 Å². The van der Waals surface area contributed by atoms with Crippen LogP contribution in [-0.2, 0) is 0 Å². The van der Waals surface area contributed by atoms with Crippen molar-refractivity contribution < 1.29 is 0 Å². The molecule has 0 aromatic rings. The molecule has 0 aliphatic rings. The SMILES string of the molecule is C=C[Si](C)(C)CCN(CCCC)CCCC. The lowest BCUT2D eigenvalue weighted by Gasteiger charge is -2.26. The molecule has 0 bridgehead atoms. The Morgan fingerprint density at radius 2 is 1.50 bits per heavy atom. The summed E-state index contributed by atoms with van der Waals surface area (Å²) in [4.78, 5) is 2.66. The average Bonchev–Trinajstić information content (AvgIpc) is 2.28. The number of nitrogens with zero attached hydrogens (tertiary/aromatic N) is 1. The van der Waals surface area contributed by atoms with Crippen molar-refractivity contribution in [3.63, 3.8) is 0 Å². The zero-order chi connectivity index (χ0) is 12.4. The van der Waals surface area contributed by atoms with E-state index in [0.717, 1.165) is 0 Å². The fourth-order valence-electron chi connectivity index (χ4n) is 1.65. The van der Waals surface area contributed by atoms with Crippen LogP contribution in [0.3, 0.4) is 0 Å². The molecule has 0 fully saturated rings. The van der Waals surface area contributed by atoms with Gasteiger partial charge in [-0.1, -0.05) is 39.8 Å². The lowest BCUT2D eigenvalue weighted by atomic mass is 10.2. The smallest absolute Gasteiger partial charge is 0.0722 e. The van der Waals surface area contributed by atoms with Crippen molar-refractivity contribution in [3.05, 3.63) is 12.3 Å². The number of hydrogen-bond acceptors (Lipinski definition) is 1. The van der Waals surface area contributed by atoms with Gasteiger partial charge in [-0.3, -0.25) is 0 Å². The predicted molar refractivity (Wildman–Crippen MR) is 78.7 cm³/mol. The molecule has 16 heavy (non-hydrogen) atoms. The van der Waals surface area contributed by atoms with E-state index < -0.39 is 8.07 Å². The number of rotatable bonds is 10. The Balaban J connectivity index is 3.94. The van der Waals surface area contributed by atoms with Crippen LogP contribution in [0, 0.1) is 0 Å². The molecule has 0 aliphatic carbocycles. The normalized spacial score (nSPS) is 12.1. The van der Waals surface area contributed by atoms with Crippen molar-refractivity contribution >= 4 is 8.07 Å². The van der Waals surface area contributed by atoms with Crippen LogP contribution in [-0.4, -0.2) is 32.6 Å². The third-order valence-electron chi connectivity index (χ3n) is 3.28. The summed E-state index contributed by atoms with van der Waals surface area (Å²) in [7, 11) is -1.10. The lowest BCUT2D eigenvalue weighted by Crippen LogP contribution is -2.33. The van der Waals surface area contributed by atoms with Crippen LogP contribution in [0.25, 0.3) is 0 Å². The summed E-state index contributed by atoms with van der Waals surface area (Å²) in [5.74, 6) is 0. The van der Waals surface area contributed by atoms with Gasteiger partial charge >= 0.3 is 0 Å². The summed E-state index contributed by atoms with van der Waals surface area (Å²) < 4.78 is 0. The second-order valence-corrected chi connectivity index (χ2v) is 10.4. The average molecular weight is 241 g/mol. The Bertz CT molecular complexity index is 170. The Labute approximate surface area is 104 Å². The summed E-state index contributed by atoms with van der Waals surface area (Å²) in [6.07, 6.45) is 5.31. The highest BCUT2D eigenvalue weighted by Crippen LogP contribution is 2.12. The molecule has 0 atom stereocenters. The summed E-state index contributed by atoms with van der Waals surface area (Å²) in [5.41, 5.74) is 2.23. The van der Waals surface area contributed by atoms with Crippen LogP contribution in [0.4, 0.5) is 0 Å². The molecule has 1 nitrogen and oxygen atoms in total. The van der Waals surface area contributed by atoms with Crippen LogP contribution < -0.4 is 0 Å². The molecular formula is C14H31NSi. The standard InChI is InChI=1S/C14H31NSi/c1-6-9-11-15(12-10-7-2)13-14-16(4,5)8-3/h8H,3,6-7,9-14H2,1-2,4-5H3.